The molecule has 0 radical (unpaired) electrons. The zero-order chi connectivity index (χ0) is 28.1. The Bertz CT molecular complexity index is 974. The quantitative estimate of drug-likeness (QED) is 0.224. The molecule has 37 heavy (non-hydrogen) atoms. The molecule has 0 N–H and O–H groups in total. The van der Waals surface area contributed by atoms with Crippen molar-refractivity contribution in [1.29, 1.82) is 0 Å². The van der Waals surface area contributed by atoms with E-state index in [1.807, 2.05) is 55.4 Å². The van der Waals surface area contributed by atoms with Crippen LogP contribution in [0.2, 0.25) is 0 Å². The fraction of sp³-hybridized carbons (Fsp3) is 0.314. The molecule has 1 aliphatic rings. The van der Waals surface area contributed by atoms with Crippen molar-refractivity contribution in [2.75, 3.05) is 12.5 Å². The Kier molecular flexibility index (Phi) is 20.2. The molecule has 1 heterocycles. The Morgan fingerprint density at radius 3 is 1.11 bits per heavy atom. The molecule has 0 fully saturated rings. The van der Waals surface area contributed by atoms with Crippen LogP contribution in [-0.2, 0) is 28.2 Å². The van der Waals surface area contributed by atoms with E-state index < -0.39 is 0 Å². The van der Waals surface area contributed by atoms with Crippen LogP contribution in [0.4, 0.5) is 0 Å². The van der Waals surface area contributed by atoms with Gasteiger partial charge < -0.3 is 0 Å². The lowest BCUT2D eigenvalue weighted by atomic mass is 10.0. The van der Waals surface area contributed by atoms with Gasteiger partial charge in [0.15, 0.2) is 19.6 Å². The molecule has 0 nitrogen and oxygen atoms in total. The van der Waals surface area contributed by atoms with E-state index in [4.69, 9.17) is 0 Å². The van der Waals surface area contributed by atoms with Crippen LogP contribution in [0.25, 0.3) is 0 Å². The van der Waals surface area contributed by atoms with E-state index in [-0.39, 0.29) is 21.8 Å². The summed E-state index contributed by atoms with van der Waals surface area (Å²) in [5.74, 6) is 0. The molecule has 0 aliphatic carbocycles. The lowest BCUT2D eigenvalue weighted by Gasteiger charge is -2.16. The Balaban J connectivity index is 0.000000554. The van der Waals surface area contributed by atoms with Crippen molar-refractivity contribution >= 4 is 21.8 Å². The lowest BCUT2D eigenvalue weighted by molar-refractivity contribution is 1.04. The molecule has 0 bridgehead atoms. The Labute approximate surface area is 235 Å². The summed E-state index contributed by atoms with van der Waals surface area (Å²) in [6.07, 6.45) is 5.70. The monoisotopic (exact) mass is 534 g/mol. The summed E-state index contributed by atoms with van der Waals surface area (Å²) < 4.78 is 0. The van der Waals surface area contributed by atoms with E-state index in [2.05, 4.69) is 122 Å². The third kappa shape index (κ3) is 10.8. The Morgan fingerprint density at radius 1 is 0.459 bits per heavy atom. The number of hydrogen-bond acceptors (Lipinski definition) is 0. The van der Waals surface area contributed by atoms with Crippen molar-refractivity contribution in [2.24, 2.45) is 0 Å². The van der Waals surface area contributed by atoms with Crippen LogP contribution in [0.1, 0.15) is 66.5 Å². The summed E-state index contributed by atoms with van der Waals surface area (Å²) in [5, 5.41) is 0. The van der Waals surface area contributed by atoms with Crippen LogP contribution in [-0.4, -0.2) is 12.5 Å². The summed E-state index contributed by atoms with van der Waals surface area (Å²) in [7, 11) is 0.463. The molecule has 0 aromatic heterocycles. The third-order valence-electron chi connectivity index (χ3n) is 5.18. The maximum Gasteiger partial charge on any atom is 0.163 e. The van der Waals surface area contributed by atoms with Crippen LogP contribution >= 0.6 is 0 Å². The van der Waals surface area contributed by atoms with E-state index >= 15 is 0 Å². The molecule has 0 unspecified atom stereocenters. The van der Waals surface area contributed by atoms with Gasteiger partial charge in [-0.15, -0.1) is 0 Å². The summed E-state index contributed by atoms with van der Waals surface area (Å²) in [6, 6.07) is 38.9. The molecular weight excluding hydrogens is 485 g/mol. The van der Waals surface area contributed by atoms with Crippen molar-refractivity contribution in [1.82, 2.24) is 0 Å². The van der Waals surface area contributed by atoms with E-state index in [9.17, 15) is 0 Å². The molecule has 1 aliphatic heterocycles. The van der Waals surface area contributed by atoms with Crippen LogP contribution in [0, 0.1) is 0 Å². The number of rotatable bonds is 2. The van der Waals surface area contributed by atoms with E-state index in [0.717, 1.165) is 6.42 Å². The van der Waals surface area contributed by atoms with Gasteiger partial charge in [0.2, 0.25) is 0 Å². The zero-order valence-corrected chi connectivity index (χ0v) is 26.5. The van der Waals surface area contributed by atoms with Gasteiger partial charge in [-0.1, -0.05) is 128 Å². The highest BCUT2D eigenvalue weighted by molar-refractivity contribution is 7.96. The number of fused-ring (bicyclic) bond motifs is 2. The first-order valence-electron chi connectivity index (χ1n) is 13.8. The summed E-state index contributed by atoms with van der Waals surface area (Å²) in [6.45, 7) is 16.0. The zero-order valence-electron chi connectivity index (χ0n) is 24.9. The molecule has 200 valence electrons. The highest BCUT2D eigenvalue weighted by atomic mass is 32.2. The predicted molar refractivity (Wildman–Crippen MR) is 174 cm³/mol. The lowest BCUT2D eigenvalue weighted by Crippen LogP contribution is -2.13. The minimum absolute atomic E-state index is 0.203. The predicted octanol–water partition coefficient (Wildman–Crippen LogP) is 10.7. The van der Waals surface area contributed by atoms with Crippen molar-refractivity contribution in [2.45, 2.75) is 81.4 Å². The van der Waals surface area contributed by atoms with Gasteiger partial charge in [0, 0.05) is 17.5 Å². The smallest absolute Gasteiger partial charge is 0.0683 e. The van der Waals surface area contributed by atoms with E-state index in [1.54, 1.807) is 0 Å². The van der Waals surface area contributed by atoms with Crippen molar-refractivity contribution < 1.29 is 0 Å². The van der Waals surface area contributed by atoms with Crippen LogP contribution in [0.15, 0.2) is 129 Å². The van der Waals surface area contributed by atoms with Crippen molar-refractivity contribution in [3.8, 4) is 0 Å². The molecule has 0 amide bonds. The van der Waals surface area contributed by atoms with Gasteiger partial charge in [-0.25, -0.2) is 0 Å². The molecule has 4 aromatic carbocycles. The van der Waals surface area contributed by atoms with Crippen molar-refractivity contribution in [3.05, 3.63) is 120 Å². The largest absolute Gasteiger partial charge is 0.163 e. The first-order chi connectivity index (χ1) is 18.2. The normalized spacial score (nSPS) is 10.5. The fourth-order valence-electron chi connectivity index (χ4n) is 3.61. The maximum atomic E-state index is 2.33. The molecule has 0 atom stereocenters. The Morgan fingerprint density at radius 2 is 0.757 bits per heavy atom. The average molecular weight is 535 g/mol. The standard InChI is InChI=1S/C14H13S.C13H13S.4C2H6/c1-15-13-8-4-2-6-11(13)10-12-7-3-5-9-14(12)15;1-14(12-8-4-2-5-9-12)13-10-6-3-7-11-13;4*1-2/h2-9H,10H2,1H3;2-11H,1H3;4*1-2H3/q2*+1;;;;. The second-order valence-electron chi connectivity index (χ2n) is 7.04. The van der Waals surface area contributed by atoms with E-state index in [0.29, 0.717) is 0 Å². The van der Waals surface area contributed by atoms with Gasteiger partial charge in [-0.3, -0.25) is 0 Å². The molecule has 5 rings (SSSR count). The van der Waals surface area contributed by atoms with Crippen molar-refractivity contribution in [3.63, 3.8) is 0 Å². The van der Waals surface area contributed by atoms with Gasteiger partial charge in [0.1, 0.15) is 12.5 Å². The van der Waals surface area contributed by atoms with Gasteiger partial charge in [0.25, 0.3) is 0 Å². The van der Waals surface area contributed by atoms with Gasteiger partial charge in [-0.2, -0.15) is 0 Å². The summed E-state index contributed by atoms with van der Waals surface area (Å²) >= 11 is 0. The molecule has 4 aromatic rings. The number of hydrogen-bond donors (Lipinski definition) is 0. The molecule has 0 spiro atoms. The fourth-order valence-corrected chi connectivity index (χ4v) is 6.88. The van der Waals surface area contributed by atoms with Crippen LogP contribution in [0.5, 0.6) is 0 Å². The minimum Gasteiger partial charge on any atom is -0.0683 e. The van der Waals surface area contributed by atoms with Crippen LogP contribution in [0.3, 0.4) is 0 Å². The number of benzene rings is 4. The second-order valence-corrected chi connectivity index (χ2v) is 10.9. The highest BCUT2D eigenvalue weighted by Gasteiger charge is 2.30. The molecule has 0 saturated carbocycles. The second kappa shape index (κ2) is 21.6. The summed E-state index contributed by atoms with van der Waals surface area (Å²) in [4.78, 5) is 5.85. The molecular formula is C35H50S2+2. The van der Waals surface area contributed by atoms with Gasteiger partial charge >= 0.3 is 0 Å². The topological polar surface area (TPSA) is 0 Å². The van der Waals surface area contributed by atoms with Crippen LogP contribution < -0.4 is 0 Å². The molecule has 2 heteroatoms. The first-order valence-corrected chi connectivity index (χ1v) is 17.1. The maximum absolute atomic E-state index is 2.33. The SMILES string of the molecule is CC.CC.CC.CC.C[S+](c1ccccc1)c1ccccc1.C[S+]1c2ccccc2Cc2ccccc21. The Hall–Kier alpha value is -2.42. The minimum atomic E-state index is 0.203. The third-order valence-corrected chi connectivity index (χ3v) is 9.25. The average Bonchev–Trinajstić information content (AvgIpc) is 3.02. The highest BCUT2D eigenvalue weighted by Crippen LogP contribution is 2.33. The molecule has 0 saturated heterocycles. The van der Waals surface area contributed by atoms with E-state index in [1.165, 1.54) is 30.7 Å². The first kappa shape index (κ1) is 34.6. The van der Waals surface area contributed by atoms with Gasteiger partial charge in [-0.05, 0) is 36.4 Å². The van der Waals surface area contributed by atoms with Gasteiger partial charge in [0.05, 0.1) is 21.8 Å². The summed E-state index contributed by atoms with van der Waals surface area (Å²) in [5.41, 5.74) is 3.00.